The van der Waals surface area contributed by atoms with Gasteiger partial charge in [-0.3, -0.25) is 9.10 Å². The van der Waals surface area contributed by atoms with E-state index >= 15 is 0 Å². The maximum Gasteiger partial charge on any atom is 0.264 e. The van der Waals surface area contributed by atoms with Crippen molar-refractivity contribution < 1.29 is 17.9 Å². The molecule has 1 unspecified atom stereocenters. The normalized spacial score (nSPS) is 12.2. The molecule has 0 aliphatic heterocycles. The van der Waals surface area contributed by atoms with Gasteiger partial charge in [0.2, 0.25) is 5.91 Å². The second kappa shape index (κ2) is 10.3. The molecule has 1 amide bonds. The third kappa shape index (κ3) is 5.42. The van der Waals surface area contributed by atoms with E-state index in [1.54, 1.807) is 48.5 Å². The molecular formula is C27H32N2O4S. The fourth-order valence-electron chi connectivity index (χ4n) is 3.92. The molecule has 0 heterocycles. The van der Waals surface area contributed by atoms with E-state index in [1.165, 1.54) is 12.7 Å². The minimum atomic E-state index is -4.03. The largest absolute Gasteiger partial charge is 0.495 e. The maximum atomic E-state index is 13.6. The number of methoxy groups -OCH3 is 1. The van der Waals surface area contributed by atoms with Crippen molar-refractivity contribution in [2.24, 2.45) is 0 Å². The summed E-state index contributed by atoms with van der Waals surface area (Å²) in [5.74, 6) is -0.0456. The number of benzene rings is 3. The first-order chi connectivity index (χ1) is 16.0. The first-order valence-electron chi connectivity index (χ1n) is 11.1. The minimum absolute atomic E-state index is 0.106. The second-order valence-electron chi connectivity index (χ2n) is 8.58. The molecule has 0 aliphatic carbocycles. The maximum absolute atomic E-state index is 13.6. The SMILES string of the molecule is COc1ccccc1N(CC(=O)NC(C)c1cc(C)c(C)cc1C)S(=O)(=O)c1ccc(C)cc1. The number of sulfonamides is 1. The van der Waals surface area contributed by atoms with Crippen LogP contribution in [0.5, 0.6) is 5.75 Å². The topological polar surface area (TPSA) is 75.7 Å². The number of carbonyl (C=O) groups is 1. The summed E-state index contributed by atoms with van der Waals surface area (Å²) < 4.78 is 33.8. The molecule has 0 spiro atoms. The second-order valence-corrected chi connectivity index (χ2v) is 10.4. The van der Waals surface area contributed by atoms with Crippen LogP contribution in [0, 0.1) is 27.7 Å². The van der Waals surface area contributed by atoms with Gasteiger partial charge < -0.3 is 10.1 Å². The van der Waals surface area contributed by atoms with Crippen LogP contribution in [0.25, 0.3) is 0 Å². The highest BCUT2D eigenvalue weighted by atomic mass is 32.2. The van der Waals surface area contributed by atoms with E-state index in [2.05, 4.69) is 24.4 Å². The van der Waals surface area contributed by atoms with Crippen LogP contribution in [-0.2, 0) is 14.8 Å². The highest BCUT2D eigenvalue weighted by Crippen LogP contribution is 2.32. The summed E-state index contributed by atoms with van der Waals surface area (Å²) >= 11 is 0. The van der Waals surface area contributed by atoms with Gasteiger partial charge in [0, 0.05) is 0 Å². The highest BCUT2D eigenvalue weighted by Gasteiger charge is 2.29. The lowest BCUT2D eigenvalue weighted by Crippen LogP contribution is -2.41. The van der Waals surface area contributed by atoms with E-state index in [9.17, 15) is 13.2 Å². The first-order valence-corrected chi connectivity index (χ1v) is 12.6. The summed E-state index contributed by atoms with van der Waals surface area (Å²) in [4.78, 5) is 13.3. The number of anilines is 1. The van der Waals surface area contributed by atoms with Gasteiger partial charge in [0.1, 0.15) is 12.3 Å². The molecule has 180 valence electrons. The van der Waals surface area contributed by atoms with E-state index in [0.717, 1.165) is 26.6 Å². The zero-order valence-corrected chi connectivity index (χ0v) is 21.4. The fourth-order valence-corrected chi connectivity index (χ4v) is 5.35. The quantitative estimate of drug-likeness (QED) is 0.492. The Labute approximate surface area is 202 Å². The zero-order valence-electron chi connectivity index (χ0n) is 20.5. The number of amides is 1. The van der Waals surface area contributed by atoms with E-state index in [1.807, 2.05) is 27.7 Å². The number of nitrogens with one attached hydrogen (secondary N) is 1. The summed E-state index contributed by atoms with van der Waals surface area (Å²) in [6.07, 6.45) is 0. The Morgan fingerprint density at radius 3 is 2.21 bits per heavy atom. The van der Waals surface area contributed by atoms with Crippen molar-refractivity contribution in [1.29, 1.82) is 0 Å². The van der Waals surface area contributed by atoms with Crippen molar-refractivity contribution in [1.82, 2.24) is 5.32 Å². The van der Waals surface area contributed by atoms with Gasteiger partial charge in [0.05, 0.1) is 23.7 Å². The molecule has 7 heteroatoms. The summed E-state index contributed by atoms with van der Waals surface area (Å²) in [5, 5.41) is 2.97. The van der Waals surface area contributed by atoms with E-state index in [4.69, 9.17) is 4.74 Å². The van der Waals surface area contributed by atoms with E-state index in [-0.39, 0.29) is 17.5 Å². The minimum Gasteiger partial charge on any atom is -0.495 e. The van der Waals surface area contributed by atoms with Gasteiger partial charge in [-0.15, -0.1) is 0 Å². The Kier molecular flexibility index (Phi) is 7.67. The van der Waals surface area contributed by atoms with Crippen LogP contribution in [0.3, 0.4) is 0 Å². The zero-order chi connectivity index (χ0) is 25.0. The molecule has 0 bridgehead atoms. The molecule has 0 saturated heterocycles. The van der Waals surface area contributed by atoms with Crippen molar-refractivity contribution in [2.75, 3.05) is 18.0 Å². The van der Waals surface area contributed by atoms with Crippen LogP contribution in [0.4, 0.5) is 5.69 Å². The van der Waals surface area contributed by atoms with Crippen molar-refractivity contribution in [3.8, 4) is 5.75 Å². The standard InChI is InChI=1S/C27H32N2O4S/c1-18-11-13-23(14-12-18)34(31,32)29(25-9-7-8-10-26(25)33-6)17-27(30)28-22(5)24-16-20(3)19(2)15-21(24)4/h7-16,22H,17H2,1-6H3,(H,28,30). The summed E-state index contributed by atoms with van der Waals surface area (Å²) in [6, 6.07) is 17.2. The van der Waals surface area contributed by atoms with Crippen LogP contribution in [0.15, 0.2) is 65.6 Å². The molecule has 3 aromatic carbocycles. The molecule has 34 heavy (non-hydrogen) atoms. The van der Waals surface area contributed by atoms with Crippen molar-refractivity contribution >= 4 is 21.6 Å². The Balaban J connectivity index is 1.95. The molecule has 0 aliphatic rings. The molecule has 0 aromatic heterocycles. The van der Waals surface area contributed by atoms with Crippen LogP contribution >= 0.6 is 0 Å². The van der Waals surface area contributed by atoms with Gasteiger partial charge in [0.25, 0.3) is 10.0 Å². The number of carbonyl (C=O) groups excluding carboxylic acids is 1. The third-order valence-electron chi connectivity index (χ3n) is 5.98. The predicted molar refractivity (Wildman–Crippen MR) is 136 cm³/mol. The fraction of sp³-hybridized carbons (Fsp3) is 0.296. The Morgan fingerprint density at radius 1 is 0.941 bits per heavy atom. The number of nitrogens with zero attached hydrogens (tertiary/aromatic N) is 1. The predicted octanol–water partition coefficient (Wildman–Crippen LogP) is 5.00. The van der Waals surface area contributed by atoms with Crippen LogP contribution < -0.4 is 14.4 Å². The molecule has 0 saturated carbocycles. The number of ether oxygens (including phenoxy) is 1. The average molecular weight is 481 g/mol. The summed E-state index contributed by atoms with van der Waals surface area (Å²) in [6.45, 7) is 9.49. The highest BCUT2D eigenvalue weighted by molar-refractivity contribution is 7.92. The average Bonchev–Trinajstić information content (AvgIpc) is 2.80. The molecule has 3 rings (SSSR count). The first kappa shape index (κ1) is 25.3. The molecule has 0 fully saturated rings. The number of aryl methyl sites for hydroxylation is 4. The number of rotatable bonds is 8. The van der Waals surface area contributed by atoms with Crippen molar-refractivity contribution in [2.45, 2.75) is 45.6 Å². The van der Waals surface area contributed by atoms with Gasteiger partial charge in [-0.25, -0.2) is 8.42 Å². The lowest BCUT2D eigenvalue weighted by molar-refractivity contribution is -0.120. The van der Waals surface area contributed by atoms with Gasteiger partial charge in [-0.05, 0) is 81.1 Å². The molecule has 1 atom stereocenters. The Bertz CT molecular complexity index is 1280. The van der Waals surface area contributed by atoms with E-state index < -0.39 is 15.9 Å². The van der Waals surface area contributed by atoms with Gasteiger partial charge in [0.15, 0.2) is 0 Å². The van der Waals surface area contributed by atoms with E-state index in [0.29, 0.717) is 11.4 Å². The summed E-state index contributed by atoms with van der Waals surface area (Å²) in [7, 11) is -2.55. The molecule has 1 N–H and O–H groups in total. The van der Waals surface area contributed by atoms with Crippen LogP contribution in [0.2, 0.25) is 0 Å². The molecular weight excluding hydrogens is 448 g/mol. The van der Waals surface area contributed by atoms with Gasteiger partial charge in [-0.2, -0.15) is 0 Å². The Morgan fingerprint density at radius 2 is 1.56 bits per heavy atom. The summed E-state index contributed by atoms with van der Waals surface area (Å²) in [5.41, 5.74) is 5.64. The number of hydrogen-bond donors (Lipinski definition) is 1. The molecule has 6 nitrogen and oxygen atoms in total. The lowest BCUT2D eigenvalue weighted by Gasteiger charge is -2.27. The van der Waals surface area contributed by atoms with Crippen LogP contribution in [-0.4, -0.2) is 28.0 Å². The number of hydrogen-bond acceptors (Lipinski definition) is 4. The van der Waals surface area contributed by atoms with Crippen molar-refractivity contribution in [3.05, 3.63) is 88.5 Å². The van der Waals surface area contributed by atoms with Gasteiger partial charge in [-0.1, -0.05) is 42.0 Å². The molecule has 0 radical (unpaired) electrons. The Hall–Kier alpha value is -3.32. The van der Waals surface area contributed by atoms with Crippen LogP contribution in [0.1, 0.15) is 40.8 Å². The third-order valence-corrected chi connectivity index (χ3v) is 7.75. The van der Waals surface area contributed by atoms with Gasteiger partial charge >= 0.3 is 0 Å². The number of para-hydroxylation sites is 2. The lowest BCUT2D eigenvalue weighted by atomic mass is 9.96. The smallest absolute Gasteiger partial charge is 0.264 e. The van der Waals surface area contributed by atoms with Crippen molar-refractivity contribution in [3.63, 3.8) is 0 Å². The monoisotopic (exact) mass is 480 g/mol. The molecule has 3 aromatic rings.